The van der Waals surface area contributed by atoms with Crippen LogP contribution in [0, 0.1) is 0 Å². The van der Waals surface area contributed by atoms with E-state index in [0.717, 1.165) is 0 Å². The largest absolute Gasteiger partial charge is 0.478 e. The SMILES string of the molecule is CNC(C)C(=O)Nc1cncc(C(=O)O)c1. The van der Waals surface area contributed by atoms with Gasteiger partial charge in [0, 0.05) is 6.20 Å². The number of hydrogen-bond acceptors (Lipinski definition) is 4. The van der Waals surface area contributed by atoms with Gasteiger partial charge < -0.3 is 15.7 Å². The maximum absolute atomic E-state index is 11.5. The molecule has 86 valence electrons. The summed E-state index contributed by atoms with van der Waals surface area (Å²) in [6, 6.07) is 1.00. The first-order valence-corrected chi connectivity index (χ1v) is 4.71. The molecule has 16 heavy (non-hydrogen) atoms. The average molecular weight is 223 g/mol. The minimum atomic E-state index is -1.08. The van der Waals surface area contributed by atoms with Crippen molar-refractivity contribution in [3.8, 4) is 0 Å². The molecule has 6 heteroatoms. The van der Waals surface area contributed by atoms with Crippen molar-refractivity contribution in [3.63, 3.8) is 0 Å². The fourth-order valence-electron chi connectivity index (χ4n) is 1.01. The third-order valence-electron chi connectivity index (χ3n) is 2.08. The number of carboxylic acids is 1. The Hall–Kier alpha value is -1.95. The van der Waals surface area contributed by atoms with Crippen molar-refractivity contribution in [2.75, 3.05) is 12.4 Å². The highest BCUT2D eigenvalue weighted by Gasteiger charge is 2.11. The van der Waals surface area contributed by atoms with Crippen LogP contribution in [0.25, 0.3) is 0 Å². The summed E-state index contributed by atoms with van der Waals surface area (Å²) in [6.07, 6.45) is 2.62. The summed E-state index contributed by atoms with van der Waals surface area (Å²) in [5.74, 6) is -1.32. The van der Waals surface area contributed by atoms with Crippen molar-refractivity contribution < 1.29 is 14.7 Å². The maximum Gasteiger partial charge on any atom is 0.337 e. The van der Waals surface area contributed by atoms with E-state index in [0.29, 0.717) is 5.69 Å². The third-order valence-corrected chi connectivity index (χ3v) is 2.08. The van der Waals surface area contributed by atoms with E-state index in [2.05, 4.69) is 15.6 Å². The smallest absolute Gasteiger partial charge is 0.337 e. The first kappa shape index (κ1) is 12.1. The number of anilines is 1. The number of pyridine rings is 1. The lowest BCUT2D eigenvalue weighted by Gasteiger charge is -2.10. The fourth-order valence-corrected chi connectivity index (χ4v) is 1.01. The Morgan fingerprint density at radius 2 is 2.12 bits per heavy atom. The zero-order chi connectivity index (χ0) is 12.1. The second-order valence-corrected chi connectivity index (χ2v) is 3.27. The summed E-state index contributed by atoms with van der Waals surface area (Å²) in [5.41, 5.74) is 0.405. The van der Waals surface area contributed by atoms with E-state index in [9.17, 15) is 9.59 Å². The summed E-state index contributed by atoms with van der Waals surface area (Å²) >= 11 is 0. The zero-order valence-corrected chi connectivity index (χ0v) is 9.02. The highest BCUT2D eigenvalue weighted by molar-refractivity contribution is 5.96. The summed E-state index contributed by atoms with van der Waals surface area (Å²) in [4.78, 5) is 25.9. The molecule has 0 aliphatic rings. The lowest BCUT2D eigenvalue weighted by molar-refractivity contribution is -0.117. The third kappa shape index (κ3) is 3.03. The Balaban J connectivity index is 2.78. The van der Waals surface area contributed by atoms with E-state index in [4.69, 9.17) is 5.11 Å². The van der Waals surface area contributed by atoms with E-state index in [-0.39, 0.29) is 17.5 Å². The quantitative estimate of drug-likeness (QED) is 0.684. The number of rotatable bonds is 4. The number of carbonyl (C=O) groups excluding carboxylic acids is 1. The van der Waals surface area contributed by atoms with Gasteiger partial charge in [0.25, 0.3) is 0 Å². The van der Waals surface area contributed by atoms with Gasteiger partial charge in [-0.25, -0.2) is 4.79 Å². The number of carbonyl (C=O) groups is 2. The summed E-state index contributed by atoms with van der Waals surface area (Å²) in [7, 11) is 1.66. The van der Waals surface area contributed by atoms with Gasteiger partial charge in [0.05, 0.1) is 23.5 Å². The maximum atomic E-state index is 11.5. The number of nitrogens with zero attached hydrogens (tertiary/aromatic N) is 1. The summed E-state index contributed by atoms with van der Waals surface area (Å²) < 4.78 is 0. The molecule has 0 radical (unpaired) electrons. The Morgan fingerprint density at radius 1 is 1.44 bits per heavy atom. The minimum Gasteiger partial charge on any atom is -0.478 e. The van der Waals surface area contributed by atoms with Crippen LogP contribution >= 0.6 is 0 Å². The van der Waals surface area contributed by atoms with E-state index in [1.54, 1.807) is 14.0 Å². The Kier molecular flexibility index (Phi) is 3.96. The Morgan fingerprint density at radius 3 is 2.69 bits per heavy atom. The minimum absolute atomic E-state index is 0.0370. The van der Waals surface area contributed by atoms with E-state index < -0.39 is 5.97 Å². The van der Waals surface area contributed by atoms with Crippen molar-refractivity contribution in [1.82, 2.24) is 10.3 Å². The Bertz CT molecular complexity index is 406. The van der Waals surface area contributed by atoms with Gasteiger partial charge in [0.1, 0.15) is 0 Å². The summed E-state index contributed by atoms with van der Waals surface area (Å²) in [5, 5.41) is 14.1. The molecule has 3 N–H and O–H groups in total. The highest BCUT2D eigenvalue weighted by Crippen LogP contribution is 2.08. The van der Waals surface area contributed by atoms with Gasteiger partial charge in [0.2, 0.25) is 5.91 Å². The van der Waals surface area contributed by atoms with Crippen LogP contribution in [0.1, 0.15) is 17.3 Å². The molecule has 0 aliphatic heterocycles. The van der Waals surface area contributed by atoms with Crippen LogP contribution in [0.2, 0.25) is 0 Å². The van der Waals surface area contributed by atoms with Crippen LogP contribution < -0.4 is 10.6 Å². The number of hydrogen-bond donors (Lipinski definition) is 3. The topological polar surface area (TPSA) is 91.3 Å². The van der Waals surface area contributed by atoms with Gasteiger partial charge in [-0.3, -0.25) is 9.78 Å². The predicted molar refractivity (Wildman–Crippen MR) is 58.3 cm³/mol. The highest BCUT2D eigenvalue weighted by atomic mass is 16.4. The average Bonchev–Trinajstić information content (AvgIpc) is 2.28. The molecule has 1 amide bonds. The van der Waals surface area contributed by atoms with E-state index in [1.807, 2.05) is 0 Å². The number of aromatic nitrogens is 1. The Labute approximate surface area is 92.7 Å². The molecule has 0 aromatic carbocycles. The van der Waals surface area contributed by atoms with E-state index >= 15 is 0 Å². The molecule has 0 spiro atoms. The van der Waals surface area contributed by atoms with E-state index in [1.165, 1.54) is 18.5 Å². The predicted octanol–water partition coefficient (Wildman–Crippen LogP) is 0.326. The number of amides is 1. The molecule has 1 atom stereocenters. The number of aromatic carboxylic acids is 1. The molecule has 0 bridgehead atoms. The number of likely N-dealkylation sites (N-methyl/N-ethyl adjacent to an activating group) is 1. The van der Waals surface area contributed by atoms with Crippen molar-refractivity contribution in [3.05, 3.63) is 24.0 Å². The van der Waals surface area contributed by atoms with Gasteiger partial charge in [-0.1, -0.05) is 0 Å². The standard InChI is InChI=1S/C10H13N3O3/c1-6(11-2)9(14)13-8-3-7(10(15)16)4-12-5-8/h3-6,11H,1-2H3,(H,13,14)(H,15,16). The first-order chi connectivity index (χ1) is 7.54. The van der Waals surface area contributed by atoms with Crippen molar-refractivity contribution in [2.24, 2.45) is 0 Å². The second kappa shape index (κ2) is 5.22. The molecule has 0 saturated heterocycles. The zero-order valence-electron chi connectivity index (χ0n) is 9.02. The summed E-state index contributed by atoms with van der Waals surface area (Å²) in [6.45, 7) is 1.70. The number of nitrogens with one attached hydrogen (secondary N) is 2. The molecule has 0 fully saturated rings. The van der Waals surface area contributed by atoms with Crippen molar-refractivity contribution in [2.45, 2.75) is 13.0 Å². The van der Waals surface area contributed by atoms with Crippen LogP contribution in [-0.4, -0.2) is 35.1 Å². The molecule has 1 rings (SSSR count). The van der Waals surface area contributed by atoms with Crippen LogP contribution in [0.15, 0.2) is 18.5 Å². The van der Waals surface area contributed by atoms with Gasteiger partial charge in [0.15, 0.2) is 0 Å². The molecule has 0 aliphatic carbocycles. The molecular formula is C10H13N3O3. The lowest BCUT2D eigenvalue weighted by Crippen LogP contribution is -2.35. The van der Waals surface area contributed by atoms with Crippen molar-refractivity contribution in [1.29, 1.82) is 0 Å². The fraction of sp³-hybridized carbons (Fsp3) is 0.300. The van der Waals surface area contributed by atoms with Crippen LogP contribution in [-0.2, 0) is 4.79 Å². The first-order valence-electron chi connectivity index (χ1n) is 4.71. The monoisotopic (exact) mass is 223 g/mol. The van der Waals surface area contributed by atoms with Crippen LogP contribution in [0.4, 0.5) is 5.69 Å². The van der Waals surface area contributed by atoms with Gasteiger partial charge in [-0.05, 0) is 20.0 Å². The van der Waals surface area contributed by atoms with Crippen LogP contribution in [0.5, 0.6) is 0 Å². The van der Waals surface area contributed by atoms with Crippen LogP contribution in [0.3, 0.4) is 0 Å². The second-order valence-electron chi connectivity index (χ2n) is 3.27. The molecule has 1 unspecified atom stereocenters. The number of carboxylic acid groups (broad SMARTS) is 1. The molecule has 6 nitrogen and oxygen atoms in total. The molecule has 0 saturated carbocycles. The van der Waals surface area contributed by atoms with Crippen molar-refractivity contribution >= 4 is 17.6 Å². The molecule has 1 heterocycles. The van der Waals surface area contributed by atoms with Gasteiger partial charge >= 0.3 is 5.97 Å². The molecule has 1 aromatic heterocycles. The normalized spacial score (nSPS) is 11.9. The van der Waals surface area contributed by atoms with Gasteiger partial charge in [-0.2, -0.15) is 0 Å². The van der Waals surface area contributed by atoms with Gasteiger partial charge in [-0.15, -0.1) is 0 Å². The lowest BCUT2D eigenvalue weighted by atomic mass is 10.2. The molecular weight excluding hydrogens is 210 g/mol. The molecule has 1 aromatic rings.